The van der Waals surface area contributed by atoms with Crippen LogP contribution < -0.4 is 5.73 Å². The molecule has 24 heavy (non-hydrogen) atoms. The topological polar surface area (TPSA) is 164 Å². The van der Waals surface area contributed by atoms with Gasteiger partial charge in [0, 0.05) is 0 Å². The standard InChI is InChI=1S/C5H3Cl2N3O2.C5H5ClN4O2/c1-2-3(10(11)12)4(6)9-5(7)8-2;1-2-3(10(11)12)4(7)9-5(6)8-2/h1H3;1H3,(H2,7,8,9). The third-order valence-corrected chi connectivity index (χ3v) is 3.01. The lowest BCUT2D eigenvalue weighted by Gasteiger charge is -1.98. The van der Waals surface area contributed by atoms with Crippen molar-refractivity contribution >= 4 is 52.0 Å². The van der Waals surface area contributed by atoms with Gasteiger partial charge in [-0.3, -0.25) is 20.2 Å². The molecular weight excluding hydrogens is 389 g/mol. The third-order valence-electron chi connectivity index (χ3n) is 2.41. The molecule has 0 spiro atoms. The van der Waals surface area contributed by atoms with E-state index in [1.807, 2.05) is 0 Å². The normalized spacial score (nSPS) is 9.88. The van der Waals surface area contributed by atoms with Crippen LogP contribution in [0.1, 0.15) is 11.4 Å². The van der Waals surface area contributed by atoms with E-state index in [0.29, 0.717) is 0 Å². The smallest absolute Gasteiger partial charge is 0.332 e. The lowest BCUT2D eigenvalue weighted by Crippen LogP contribution is -2.03. The van der Waals surface area contributed by atoms with Crippen LogP contribution in [-0.4, -0.2) is 29.8 Å². The predicted molar refractivity (Wildman–Crippen MR) is 86.3 cm³/mol. The Kier molecular flexibility index (Phi) is 6.51. The van der Waals surface area contributed by atoms with E-state index in [-0.39, 0.29) is 44.3 Å². The molecule has 2 aromatic heterocycles. The first-order valence-corrected chi connectivity index (χ1v) is 6.96. The maximum atomic E-state index is 10.4. The monoisotopic (exact) mass is 395 g/mol. The highest BCUT2D eigenvalue weighted by atomic mass is 35.5. The molecule has 2 N–H and O–H groups in total. The lowest BCUT2D eigenvalue weighted by molar-refractivity contribution is -0.385. The van der Waals surface area contributed by atoms with Gasteiger partial charge in [0.2, 0.25) is 21.5 Å². The van der Waals surface area contributed by atoms with Crippen LogP contribution in [0.25, 0.3) is 0 Å². The first-order chi connectivity index (χ1) is 11.0. The van der Waals surface area contributed by atoms with E-state index in [4.69, 9.17) is 40.5 Å². The second-order valence-corrected chi connectivity index (χ2v) is 5.08. The van der Waals surface area contributed by atoms with E-state index >= 15 is 0 Å². The van der Waals surface area contributed by atoms with Crippen molar-refractivity contribution in [2.75, 3.05) is 5.73 Å². The number of halogens is 3. The zero-order valence-electron chi connectivity index (χ0n) is 12.0. The van der Waals surface area contributed by atoms with Gasteiger partial charge >= 0.3 is 11.4 Å². The first-order valence-electron chi connectivity index (χ1n) is 5.82. The van der Waals surface area contributed by atoms with Gasteiger partial charge < -0.3 is 5.73 Å². The summed E-state index contributed by atoms with van der Waals surface area (Å²) in [5.41, 5.74) is 4.97. The maximum absolute atomic E-state index is 10.4. The van der Waals surface area contributed by atoms with Crippen LogP contribution in [0.15, 0.2) is 0 Å². The molecule has 0 bridgehead atoms. The number of aromatic nitrogens is 4. The van der Waals surface area contributed by atoms with Gasteiger partial charge in [-0.25, -0.2) is 9.97 Å². The molecule has 0 atom stereocenters. The summed E-state index contributed by atoms with van der Waals surface area (Å²) in [6, 6.07) is 0. The zero-order valence-corrected chi connectivity index (χ0v) is 14.3. The number of hydrogen-bond donors (Lipinski definition) is 1. The summed E-state index contributed by atoms with van der Waals surface area (Å²) >= 11 is 16.3. The number of rotatable bonds is 2. The number of aryl methyl sites for hydroxylation is 2. The van der Waals surface area contributed by atoms with Gasteiger partial charge in [0.15, 0.2) is 0 Å². The average Bonchev–Trinajstić information content (AvgIpc) is 2.35. The van der Waals surface area contributed by atoms with Crippen molar-refractivity contribution in [3.8, 4) is 0 Å². The number of nitrogen functional groups attached to an aromatic ring is 1. The van der Waals surface area contributed by atoms with Gasteiger partial charge in [-0.15, -0.1) is 0 Å². The van der Waals surface area contributed by atoms with Crippen LogP contribution in [0, 0.1) is 34.1 Å². The van der Waals surface area contributed by atoms with Crippen molar-refractivity contribution in [3.63, 3.8) is 0 Å². The Morgan fingerprint density at radius 2 is 1.25 bits per heavy atom. The van der Waals surface area contributed by atoms with Crippen LogP contribution in [0.2, 0.25) is 15.7 Å². The van der Waals surface area contributed by atoms with Gasteiger partial charge in [-0.05, 0) is 37.0 Å². The van der Waals surface area contributed by atoms with E-state index in [9.17, 15) is 20.2 Å². The molecule has 0 aliphatic rings. The highest BCUT2D eigenvalue weighted by molar-refractivity contribution is 6.33. The van der Waals surface area contributed by atoms with Crippen molar-refractivity contribution < 1.29 is 9.85 Å². The Morgan fingerprint density at radius 3 is 1.62 bits per heavy atom. The number of nitrogens with two attached hydrogens (primary N) is 1. The van der Waals surface area contributed by atoms with E-state index in [2.05, 4.69) is 19.9 Å². The summed E-state index contributed by atoms with van der Waals surface area (Å²) in [5.74, 6) is -0.211. The second-order valence-electron chi connectivity index (χ2n) is 4.04. The van der Waals surface area contributed by atoms with Gasteiger partial charge in [0.1, 0.15) is 11.4 Å². The molecule has 11 nitrogen and oxygen atoms in total. The molecule has 0 aromatic carbocycles. The molecule has 14 heteroatoms. The minimum Gasteiger partial charge on any atom is -0.378 e. The van der Waals surface area contributed by atoms with Crippen LogP contribution in [0.4, 0.5) is 17.2 Å². The van der Waals surface area contributed by atoms with Gasteiger partial charge in [-0.2, -0.15) is 9.97 Å². The molecule has 0 saturated heterocycles. The molecule has 2 aromatic rings. The summed E-state index contributed by atoms with van der Waals surface area (Å²) < 4.78 is 0. The van der Waals surface area contributed by atoms with Gasteiger partial charge in [0.05, 0.1) is 9.85 Å². The fraction of sp³-hybridized carbons (Fsp3) is 0.200. The second kappa shape index (κ2) is 7.95. The Labute approximate surface area is 149 Å². The Hall–Kier alpha value is -2.37. The molecule has 2 heterocycles. The number of nitrogens with zero attached hydrogens (tertiary/aromatic N) is 6. The average molecular weight is 397 g/mol. The summed E-state index contributed by atoms with van der Waals surface area (Å²) in [6.07, 6.45) is 0. The van der Waals surface area contributed by atoms with E-state index < -0.39 is 9.85 Å². The quantitative estimate of drug-likeness (QED) is 0.347. The highest BCUT2D eigenvalue weighted by Gasteiger charge is 2.20. The number of nitro groups is 2. The summed E-state index contributed by atoms with van der Waals surface area (Å²) in [6.45, 7) is 2.89. The molecule has 0 radical (unpaired) electrons. The Morgan fingerprint density at radius 1 is 0.833 bits per heavy atom. The molecule has 0 unspecified atom stereocenters. The predicted octanol–water partition coefficient (Wildman–Crippen LogP) is 2.93. The highest BCUT2D eigenvalue weighted by Crippen LogP contribution is 2.25. The zero-order chi connectivity index (χ0) is 18.6. The maximum Gasteiger partial charge on any atom is 0.332 e. The van der Waals surface area contributed by atoms with E-state index in [1.54, 1.807) is 0 Å². The molecule has 0 aliphatic heterocycles. The Balaban J connectivity index is 0.000000240. The van der Waals surface area contributed by atoms with E-state index in [0.717, 1.165) is 0 Å². The molecule has 0 fully saturated rings. The molecule has 0 amide bonds. The molecular formula is C10H8Cl3N7O4. The van der Waals surface area contributed by atoms with E-state index in [1.165, 1.54) is 13.8 Å². The Bertz CT molecular complexity index is 704. The third kappa shape index (κ3) is 4.81. The van der Waals surface area contributed by atoms with Gasteiger partial charge in [0.25, 0.3) is 0 Å². The van der Waals surface area contributed by atoms with Crippen LogP contribution in [0.5, 0.6) is 0 Å². The lowest BCUT2D eigenvalue weighted by atomic mass is 10.3. The fourth-order valence-electron chi connectivity index (χ4n) is 1.49. The first kappa shape index (κ1) is 19.7. The van der Waals surface area contributed by atoms with Crippen LogP contribution in [-0.2, 0) is 0 Å². The summed E-state index contributed by atoms with van der Waals surface area (Å²) in [7, 11) is 0. The van der Waals surface area contributed by atoms with Crippen molar-refractivity contribution in [1.82, 2.24) is 19.9 Å². The van der Waals surface area contributed by atoms with Gasteiger partial charge in [-0.1, -0.05) is 11.6 Å². The SMILES string of the molecule is Cc1nc(Cl)nc(Cl)c1[N+](=O)[O-].Cc1nc(Cl)nc(N)c1[N+](=O)[O-]. The number of hydrogen-bond acceptors (Lipinski definition) is 9. The van der Waals surface area contributed by atoms with Crippen molar-refractivity contribution in [3.05, 3.63) is 47.3 Å². The van der Waals surface area contributed by atoms with Crippen molar-refractivity contribution in [2.45, 2.75) is 13.8 Å². The minimum atomic E-state index is -0.645. The van der Waals surface area contributed by atoms with Crippen LogP contribution >= 0.6 is 34.8 Å². The molecule has 0 saturated carbocycles. The molecule has 0 aliphatic carbocycles. The van der Waals surface area contributed by atoms with Crippen molar-refractivity contribution in [1.29, 1.82) is 0 Å². The van der Waals surface area contributed by atoms with Crippen molar-refractivity contribution in [2.24, 2.45) is 0 Å². The summed E-state index contributed by atoms with van der Waals surface area (Å²) in [5, 5.41) is 20.3. The minimum absolute atomic E-state index is 0.0874. The number of anilines is 1. The van der Waals surface area contributed by atoms with Crippen LogP contribution in [0.3, 0.4) is 0 Å². The fourth-order valence-corrected chi connectivity index (χ4v) is 2.24. The molecule has 2 rings (SSSR count). The molecule has 128 valence electrons. The largest absolute Gasteiger partial charge is 0.378 e. The summed E-state index contributed by atoms with van der Waals surface area (Å²) in [4.78, 5) is 33.5.